The van der Waals surface area contributed by atoms with Crippen molar-refractivity contribution in [3.8, 4) is 17.6 Å². The van der Waals surface area contributed by atoms with Gasteiger partial charge in [-0.25, -0.2) is 8.78 Å². The maximum atomic E-state index is 13.4. The number of rotatable bonds is 6. The monoisotopic (exact) mass is 317 g/mol. The van der Waals surface area contributed by atoms with Crippen molar-refractivity contribution in [2.45, 2.75) is 0 Å². The molecule has 0 heterocycles. The summed E-state index contributed by atoms with van der Waals surface area (Å²) in [5, 5.41) is 12.4. The molecule has 0 atom stereocenters. The molecule has 0 aliphatic rings. The van der Waals surface area contributed by atoms with E-state index in [4.69, 9.17) is 14.7 Å². The van der Waals surface area contributed by atoms with Crippen molar-refractivity contribution in [3.05, 3.63) is 53.6 Å². The first-order valence-corrected chi connectivity index (χ1v) is 6.56. The summed E-state index contributed by atoms with van der Waals surface area (Å²) in [7, 11) is 1.47. The quantitative estimate of drug-likeness (QED) is 0.655. The first kappa shape index (κ1) is 16.2. The molecule has 0 radical (unpaired) electrons. The van der Waals surface area contributed by atoms with Gasteiger partial charge in [0.25, 0.3) is 0 Å². The summed E-state index contributed by atoms with van der Waals surface area (Å²) in [5.41, 5.74) is 3.21. The van der Waals surface area contributed by atoms with Crippen LogP contribution in [0.5, 0.6) is 11.5 Å². The van der Waals surface area contributed by atoms with Crippen LogP contribution in [0.2, 0.25) is 0 Å². The zero-order valence-corrected chi connectivity index (χ0v) is 12.2. The number of methoxy groups -OCH3 is 1. The van der Waals surface area contributed by atoms with Crippen molar-refractivity contribution in [1.29, 1.82) is 5.26 Å². The van der Waals surface area contributed by atoms with E-state index in [9.17, 15) is 8.78 Å². The zero-order chi connectivity index (χ0) is 16.7. The van der Waals surface area contributed by atoms with Gasteiger partial charge in [-0.15, -0.1) is 0 Å². The van der Waals surface area contributed by atoms with Crippen LogP contribution in [0.1, 0.15) is 5.56 Å². The van der Waals surface area contributed by atoms with Gasteiger partial charge in [-0.05, 0) is 35.9 Å². The van der Waals surface area contributed by atoms with Crippen molar-refractivity contribution in [1.82, 2.24) is 0 Å². The number of hydrogen-bond donors (Lipinski definition) is 1. The van der Waals surface area contributed by atoms with E-state index in [2.05, 4.69) is 10.5 Å². The van der Waals surface area contributed by atoms with Crippen LogP contribution < -0.4 is 14.9 Å². The van der Waals surface area contributed by atoms with E-state index < -0.39 is 11.6 Å². The number of nitrogens with one attached hydrogen (secondary N) is 1. The number of nitrogens with zero attached hydrogens (tertiary/aromatic N) is 2. The van der Waals surface area contributed by atoms with E-state index in [0.29, 0.717) is 17.1 Å². The Morgan fingerprint density at radius 3 is 2.74 bits per heavy atom. The molecule has 0 saturated heterocycles. The summed E-state index contributed by atoms with van der Waals surface area (Å²) in [4.78, 5) is 0. The van der Waals surface area contributed by atoms with Gasteiger partial charge in [-0.2, -0.15) is 10.4 Å². The van der Waals surface area contributed by atoms with Crippen LogP contribution >= 0.6 is 0 Å². The largest absolute Gasteiger partial charge is 0.493 e. The van der Waals surface area contributed by atoms with E-state index in [1.807, 2.05) is 6.07 Å². The first-order valence-electron chi connectivity index (χ1n) is 6.56. The van der Waals surface area contributed by atoms with Gasteiger partial charge in [0.2, 0.25) is 0 Å². The molecule has 2 aromatic rings. The van der Waals surface area contributed by atoms with Crippen LogP contribution in [0.25, 0.3) is 0 Å². The second-order valence-electron chi connectivity index (χ2n) is 4.35. The van der Waals surface area contributed by atoms with Gasteiger partial charge >= 0.3 is 0 Å². The molecule has 0 aliphatic heterocycles. The predicted octanol–water partition coefficient (Wildman–Crippen LogP) is 3.32. The minimum absolute atomic E-state index is 0.0589. The first-order chi connectivity index (χ1) is 11.1. The molecule has 23 heavy (non-hydrogen) atoms. The number of halogens is 2. The lowest BCUT2D eigenvalue weighted by Crippen LogP contribution is -1.98. The van der Waals surface area contributed by atoms with Crippen LogP contribution in [-0.4, -0.2) is 19.9 Å². The smallest absolute Gasteiger partial charge is 0.174 e. The van der Waals surface area contributed by atoms with Crippen molar-refractivity contribution in [2.24, 2.45) is 5.10 Å². The van der Waals surface area contributed by atoms with Gasteiger partial charge in [0.15, 0.2) is 23.9 Å². The highest BCUT2D eigenvalue weighted by Gasteiger charge is 2.05. The normalized spacial score (nSPS) is 10.3. The molecule has 0 spiro atoms. The third-order valence-electron chi connectivity index (χ3n) is 2.81. The molecule has 0 aromatic heterocycles. The van der Waals surface area contributed by atoms with Crippen molar-refractivity contribution in [2.75, 3.05) is 19.1 Å². The Morgan fingerprint density at radius 2 is 2.04 bits per heavy atom. The molecule has 2 rings (SSSR count). The molecular weight excluding hydrogens is 304 g/mol. The van der Waals surface area contributed by atoms with E-state index in [0.717, 1.165) is 12.1 Å². The molecule has 0 saturated carbocycles. The molecule has 0 fully saturated rings. The molecule has 0 bridgehead atoms. The molecule has 1 N–H and O–H groups in total. The highest BCUT2D eigenvalue weighted by molar-refractivity contribution is 5.81. The lowest BCUT2D eigenvalue weighted by atomic mass is 10.2. The average Bonchev–Trinajstić information content (AvgIpc) is 2.55. The molecule has 118 valence electrons. The number of ether oxygens (including phenoxy) is 2. The van der Waals surface area contributed by atoms with Crippen LogP contribution in [0, 0.1) is 23.0 Å². The van der Waals surface area contributed by atoms with Gasteiger partial charge in [-0.3, -0.25) is 5.43 Å². The summed E-state index contributed by atoms with van der Waals surface area (Å²) in [6, 6.07) is 10.00. The summed E-state index contributed by atoms with van der Waals surface area (Å²) in [6.07, 6.45) is 1.44. The number of hydrogen-bond acceptors (Lipinski definition) is 5. The van der Waals surface area contributed by atoms with Crippen LogP contribution in [-0.2, 0) is 0 Å². The Balaban J connectivity index is 2.09. The summed E-state index contributed by atoms with van der Waals surface area (Å²) < 4.78 is 36.6. The predicted molar refractivity (Wildman–Crippen MR) is 81.7 cm³/mol. The van der Waals surface area contributed by atoms with Gasteiger partial charge in [0.05, 0.1) is 19.0 Å². The number of hydrazone groups is 1. The van der Waals surface area contributed by atoms with Gasteiger partial charge in [0, 0.05) is 6.07 Å². The van der Waals surface area contributed by atoms with E-state index in [1.165, 1.54) is 19.4 Å². The third-order valence-corrected chi connectivity index (χ3v) is 2.81. The summed E-state index contributed by atoms with van der Waals surface area (Å²) >= 11 is 0. The maximum absolute atomic E-state index is 13.4. The van der Waals surface area contributed by atoms with Crippen LogP contribution in [0.4, 0.5) is 14.5 Å². The molecule has 0 aliphatic carbocycles. The summed E-state index contributed by atoms with van der Waals surface area (Å²) in [6.45, 7) is -0.0881. The Hall–Kier alpha value is -3.14. The fourth-order valence-corrected chi connectivity index (χ4v) is 1.75. The second kappa shape index (κ2) is 7.75. The van der Waals surface area contributed by atoms with Crippen molar-refractivity contribution in [3.63, 3.8) is 0 Å². The van der Waals surface area contributed by atoms with Crippen LogP contribution in [0.3, 0.4) is 0 Å². The Morgan fingerprint density at radius 1 is 1.22 bits per heavy atom. The zero-order valence-electron chi connectivity index (χ0n) is 12.2. The average molecular weight is 317 g/mol. The molecule has 0 unspecified atom stereocenters. The van der Waals surface area contributed by atoms with Gasteiger partial charge in [0.1, 0.15) is 11.9 Å². The number of anilines is 1. The van der Waals surface area contributed by atoms with E-state index >= 15 is 0 Å². The number of benzene rings is 2. The van der Waals surface area contributed by atoms with Gasteiger partial charge < -0.3 is 9.47 Å². The Kier molecular flexibility index (Phi) is 5.47. The van der Waals surface area contributed by atoms with Crippen molar-refractivity contribution >= 4 is 11.9 Å². The highest BCUT2D eigenvalue weighted by Crippen LogP contribution is 2.27. The topological polar surface area (TPSA) is 66.6 Å². The minimum Gasteiger partial charge on any atom is -0.493 e. The molecule has 0 amide bonds. The Labute approximate surface area is 131 Å². The maximum Gasteiger partial charge on any atom is 0.174 e. The third kappa shape index (κ3) is 4.41. The van der Waals surface area contributed by atoms with Crippen LogP contribution in [0.15, 0.2) is 41.5 Å². The fourth-order valence-electron chi connectivity index (χ4n) is 1.75. The molecule has 7 heteroatoms. The lowest BCUT2D eigenvalue weighted by Gasteiger charge is -2.08. The SMILES string of the molecule is COc1cc(/C=N/Nc2ccc(F)cc2F)ccc1OCC#N. The van der Waals surface area contributed by atoms with E-state index in [1.54, 1.807) is 18.2 Å². The van der Waals surface area contributed by atoms with Gasteiger partial charge in [-0.1, -0.05) is 0 Å². The molecule has 2 aromatic carbocycles. The molecule has 5 nitrogen and oxygen atoms in total. The summed E-state index contributed by atoms with van der Waals surface area (Å²) in [5.74, 6) is -0.518. The fraction of sp³-hybridized carbons (Fsp3) is 0.125. The van der Waals surface area contributed by atoms with E-state index in [-0.39, 0.29) is 12.3 Å². The number of nitriles is 1. The highest BCUT2D eigenvalue weighted by atomic mass is 19.1. The van der Waals surface area contributed by atoms with Crippen molar-refractivity contribution < 1.29 is 18.3 Å². The lowest BCUT2D eigenvalue weighted by molar-refractivity contribution is 0.329. The standard InChI is InChI=1S/C16H13F2N3O2/c1-22-16-8-11(2-5-15(16)23-7-6-19)10-20-21-14-4-3-12(17)9-13(14)18/h2-5,8-10,21H,7H2,1H3/b20-10+. The minimum atomic E-state index is -0.736. The molecular formula is C16H13F2N3O2. The Bertz CT molecular complexity index is 757. The second-order valence-corrected chi connectivity index (χ2v) is 4.35.